The maximum atomic E-state index is 5.77. The van der Waals surface area contributed by atoms with Gasteiger partial charge in [0.1, 0.15) is 5.75 Å². The highest BCUT2D eigenvalue weighted by Crippen LogP contribution is 2.15. The van der Waals surface area contributed by atoms with Crippen LogP contribution in [-0.2, 0) is 0 Å². The van der Waals surface area contributed by atoms with Gasteiger partial charge in [-0.3, -0.25) is 0 Å². The summed E-state index contributed by atoms with van der Waals surface area (Å²) >= 11 is 0. The lowest BCUT2D eigenvalue weighted by Gasteiger charge is -2.11. The molecule has 0 aliphatic heterocycles. The van der Waals surface area contributed by atoms with E-state index in [0.29, 0.717) is 0 Å². The summed E-state index contributed by atoms with van der Waals surface area (Å²) in [5.41, 5.74) is 2.67. The van der Waals surface area contributed by atoms with Gasteiger partial charge in [0.25, 0.3) is 0 Å². The molecule has 1 aromatic rings. The molecule has 0 N–H and O–H groups in total. The number of rotatable bonds is 7. The highest BCUT2D eigenvalue weighted by atomic mass is 16.5. The molecule has 0 aliphatic carbocycles. The number of ether oxygens (including phenoxy) is 1. The van der Waals surface area contributed by atoms with Crippen LogP contribution in [0.5, 0.6) is 5.75 Å². The third-order valence-electron chi connectivity index (χ3n) is 3.08. The Morgan fingerprint density at radius 3 is 2.72 bits per heavy atom. The first-order chi connectivity index (χ1) is 8.58. The van der Waals surface area contributed by atoms with E-state index in [4.69, 9.17) is 4.74 Å². The average Bonchev–Trinajstić information content (AvgIpc) is 2.28. The Morgan fingerprint density at radius 1 is 1.28 bits per heavy atom. The van der Waals surface area contributed by atoms with Crippen LogP contribution in [0.25, 0.3) is 0 Å². The van der Waals surface area contributed by atoms with Crippen molar-refractivity contribution in [3.8, 4) is 5.75 Å². The van der Waals surface area contributed by atoms with Crippen molar-refractivity contribution >= 4 is 0 Å². The first-order valence-corrected chi connectivity index (χ1v) is 6.90. The van der Waals surface area contributed by atoms with E-state index >= 15 is 0 Å². The van der Waals surface area contributed by atoms with E-state index in [0.717, 1.165) is 24.7 Å². The molecule has 100 valence electrons. The first-order valence-electron chi connectivity index (χ1n) is 6.90. The summed E-state index contributed by atoms with van der Waals surface area (Å²) in [6, 6.07) is 8.26. The molecule has 1 aromatic carbocycles. The first kappa shape index (κ1) is 14.8. The Morgan fingerprint density at radius 2 is 2.06 bits per heavy atom. The van der Waals surface area contributed by atoms with Crippen LogP contribution in [0.2, 0.25) is 0 Å². The normalized spacial score (nSPS) is 12.0. The molecule has 0 saturated carbocycles. The lowest BCUT2D eigenvalue weighted by Crippen LogP contribution is -2.04. The van der Waals surface area contributed by atoms with E-state index in [1.165, 1.54) is 24.0 Å². The van der Waals surface area contributed by atoms with Crippen LogP contribution in [0.3, 0.4) is 0 Å². The van der Waals surface area contributed by atoms with E-state index in [9.17, 15) is 0 Å². The van der Waals surface area contributed by atoms with E-state index < -0.39 is 0 Å². The molecule has 0 amide bonds. The van der Waals surface area contributed by atoms with E-state index in [-0.39, 0.29) is 0 Å². The summed E-state index contributed by atoms with van der Waals surface area (Å²) in [5.74, 6) is 1.72. The summed E-state index contributed by atoms with van der Waals surface area (Å²) in [6.07, 6.45) is 5.89. The van der Waals surface area contributed by atoms with Gasteiger partial charge in [-0.1, -0.05) is 30.7 Å². The van der Waals surface area contributed by atoms with Crippen molar-refractivity contribution in [1.82, 2.24) is 0 Å². The lowest BCUT2D eigenvalue weighted by atomic mass is 10.0. The van der Waals surface area contributed by atoms with Gasteiger partial charge in [0.05, 0.1) is 6.61 Å². The van der Waals surface area contributed by atoms with Crippen molar-refractivity contribution in [3.05, 3.63) is 41.5 Å². The van der Waals surface area contributed by atoms with Gasteiger partial charge >= 0.3 is 0 Å². The second-order valence-corrected chi connectivity index (χ2v) is 5.42. The second-order valence-electron chi connectivity index (χ2n) is 5.42. The lowest BCUT2D eigenvalue weighted by molar-refractivity contribution is 0.279. The minimum atomic E-state index is 0.727. The maximum Gasteiger partial charge on any atom is 0.119 e. The topological polar surface area (TPSA) is 9.23 Å². The molecule has 0 spiro atoms. The van der Waals surface area contributed by atoms with Crippen LogP contribution < -0.4 is 4.74 Å². The number of aryl methyl sites for hydroxylation is 1. The molecule has 0 fully saturated rings. The van der Waals surface area contributed by atoms with Crippen LogP contribution in [0.4, 0.5) is 0 Å². The molecular formula is C17H26O. The smallest absolute Gasteiger partial charge is 0.119 e. The minimum Gasteiger partial charge on any atom is -0.494 e. The molecule has 0 aromatic heterocycles. The Hall–Kier alpha value is -1.24. The summed E-state index contributed by atoms with van der Waals surface area (Å²) in [7, 11) is 0. The zero-order valence-corrected chi connectivity index (χ0v) is 12.2. The fourth-order valence-corrected chi connectivity index (χ4v) is 1.88. The van der Waals surface area contributed by atoms with Crippen molar-refractivity contribution in [2.75, 3.05) is 6.61 Å². The molecule has 0 aliphatic rings. The molecular weight excluding hydrogens is 220 g/mol. The number of allylic oxidation sites excluding steroid dienone is 2. The van der Waals surface area contributed by atoms with Crippen LogP contribution >= 0.6 is 0 Å². The molecule has 0 saturated heterocycles. The summed E-state index contributed by atoms with van der Waals surface area (Å²) in [4.78, 5) is 0. The predicted molar refractivity (Wildman–Crippen MR) is 79.1 cm³/mol. The summed E-state index contributed by atoms with van der Waals surface area (Å²) < 4.78 is 5.77. The highest BCUT2D eigenvalue weighted by Gasteiger charge is 2.02. The Kier molecular flexibility index (Phi) is 6.56. The van der Waals surface area contributed by atoms with Crippen molar-refractivity contribution in [3.63, 3.8) is 0 Å². The van der Waals surface area contributed by atoms with E-state index in [1.807, 2.05) is 12.1 Å². The van der Waals surface area contributed by atoms with Crippen molar-refractivity contribution in [2.45, 2.75) is 47.0 Å². The van der Waals surface area contributed by atoms with Gasteiger partial charge in [0, 0.05) is 0 Å². The molecule has 1 nitrogen and oxygen atoms in total. The Labute approximate surface area is 112 Å². The number of benzene rings is 1. The van der Waals surface area contributed by atoms with Gasteiger partial charge in [0.2, 0.25) is 0 Å². The van der Waals surface area contributed by atoms with E-state index in [2.05, 4.69) is 45.9 Å². The number of hydrogen-bond acceptors (Lipinski definition) is 1. The van der Waals surface area contributed by atoms with Gasteiger partial charge in [0.15, 0.2) is 0 Å². The minimum absolute atomic E-state index is 0.727. The van der Waals surface area contributed by atoms with E-state index in [1.54, 1.807) is 0 Å². The summed E-state index contributed by atoms with van der Waals surface area (Å²) in [5, 5.41) is 0. The third-order valence-corrected chi connectivity index (χ3v) is 3.08. The maximum absolute atomic E-state index is 5.77. The van der Waals surface area contributed by atoms with Gasteiger partial charge in [-0.05, 0) is 63.6 Å². The fourth-order valence-electron chi connectivity index (χ4n) is 1.88. The highest BCUT2D eigenvalue weighted by molar-refractivity contribution is 5.27. The zero-order chi connectivity index (χ0) is 13.4. The molecule has 1 heteroatoms. The number of hydrogen-bond donors (Lipinski definition) is 0. The van der Waals surface area contributed by atoms with Gasteiger partial charge < -0.3 is 4.74 Å². The van der Waals surface area contributed by atoms with Crippen molar-refractivity contribution in [2.24, 2.45) is 5.92 Å². The van der Waals surface area contributed by atoms with Crippen molar-refractivity contribution < 1.29 is 4.74 Å². The Bertz CT molecular complexity index is 375. The molecule has 1 unspecified atom stereocenters. The predicted octanol–water partition coefficient (Wildman–Crippen LogP) is 5.15. The fraction of sp³-hybridized carbons (Fsp3) is 0.529. The third kappa shape index (κ3) is 6.48. The molecule has 1 atom stereocenters. The van der Waals surface area contributed by atoms with Gasteiger partial charge in [-0.15, -0.1) is 0 Å². The standard InChI is InChI=1S/C17H26O/c1-14(2)7-5-8-15(3)11-12-18-17-10-6-9-16(4)13-17/h6-7,9-10,13,15H,5,8,11-12H2,1-4H3. The van der Waals surface area contributed by atoms with Crippen LogP contribution in [0.1, 0.15) is 45.6 Å². The van der Waals surface area contributed by atoms with Crippen molar-refractivity contribution in [1.29, 1.82) is 0 Å². The molecule has 0 radical (unpaired) electrons. The van der Waals surface area contributed by atoms with Crippen LogP contribution in [0, 0.1) is 12.8 Å². The quantitative estimate of drug-likeness (QED) is 0.605. The average molecular weight is 246 g/mol. The molecule has 0 bridgehead atoms. The molecule has 0 heterocycles. The SMILES string of the molecule is CC(C)=CCCC(C)CCOc1cccc(C)c1. The zero-order valence-electron chi connectivity index (χ0n) is 12.2. The van der Waals surface area contributed by atoms with Gasteiger partial charge in [-0.2, -0.15) is 0 Å². The Balaban J connectivity index is 2.19. The molecule has 18 heavy (non-hydrogen) atoms. The summed E-state index contributed by atoms with van der Waals surface area (Å²) in [6.45, 7) is 9.53. The monoisotopic (exact) mass is 246 g/mol. The largest absolute Gasteiger partial charge is 0.494 e. The molecule has 1 rings (SSSR count). The second kappa shape index (κ2) is 7.97. The van der Waals surface area contributed by atoms with Gasteiger partial charge in [-0.25, -0.2) is 0 Å². The van der Waals surface area contributed by atoms with Crippen LogP contribution in [0.15, 0.2) is 35.9 Å². The van der Waals surface area contributed by atoms with Crippen LogP contribution in [-0.4, -0.2) is 6.61 Å².